The lowest BCUT2D eigenvalue weighted by molar-refractivity contribution is 0.616. The lowest BCUT2D eigenvalue weighted by Gasteiger charge is -2.11. The molecule has 84 valence electrons. The Morgan fingerprint density at radius 3 is 2.94 bits per heavy atom. The van der Waals surface area contributed by atoms with Crippen molar-refractivity contribution in [1.82, 2.24) is 19.7 Å². The van der Waals surface area contributed by atoms with Gasteiger partial charge in [0.05, 0.1) is 11.7 Å². The minimum atomic E-state index is -0.182. The first-order valence-corrected chi connectivity index (χ1v) is 5.66. The first-order valence-electron chi connectivity index (χ1n) is 4.87. The van der Waals surface area contributed by atoms with Crippen LogP contribution in [-0.4, -0.2) is 19.7 Å². The van der Waals surface area contributed by atoms with Crippen LogP contribution in [0.2, 0.25) is 0 Å². The Labute approximate surface area is 102 Å². The molecular weight excluding hydrogens is 270 g/mol. The van der Waals surface area contributed by atoms with E-state index in [-0.39, 0.29) is 6.04 Å². The quantitative estimate of drug-likeness (QED) is 0.918. The Balaban J connectivity index is 2.18. The third-order valence-corrected chi connectivity index (χ3v) is 3.02. The van der Waals surface area contributed by atoms with Gasteiger partial charge < -0.3 is 5.73 Å². The smallest absolute Gasteiger partial charge is 0.138 e. The van der Waals surface area contributed by atoms with Crippen LogP contribution in [0, 0.1) is 0 Å². The average Bonchev–Trinajstić information content (AvgIpc) is 2.65. The molecule has 2 N–H and O–H groups in total. The number of aryl methyl sites for hydroxylation is 1. The molecule has 0 spiro atoms. The fourth-order valence-corrected chi connectivity index (χ4v) is 2.02. The molecule has 1 atom stereocenters. The zero-order chi connectivity index (χ0) is 11.5. The van der Waals surface area contributed by atoms with E-state index in [0.717, 1.165) is 16.0 Å². The highest BCUT2D eigenvalue weighted by Crippen LogP contribution is 2.21. The standard InChI is InChI=1S/C10H12BrN5/c1-16-9(14-6-15-16)5-8(12)10-7(11)3-2-4-13-10/h2-4,6,8H,5,12H2,1H3. The summed E-state index contributed by atoms with van der Waals surface area (Å²) in [5, 5.41) is 4.00. The molecule has 0 fully saturated rings. The number of nitrogens with two attached hydrogens (primary N) is 1. The van der Waals surface area contributed by atoms with E-state index in [0.29, 0.717) is 6.42 Å². The van der Waals surface area contributed by atoms with Gasteiger partial charge in [-0.3, -0.25) is 9.67 Å². The lowest BCUT2D eigenvalue weighted by atomic mass is 10.1. The van der Waals surface area contributed by atoms with Gasteiger partial charge in [0, 0.05) is 24.1 Å². The largest absolute Gasteiger partial charge is 0.322 e. The topological polar surface area (TPSA) is 69.6 Å². The van der Waals surface area contributed by atoms with Gasteiger partial charge in [-0.05, 0) is 28.1 Å². The van der Waals surface area contributed by atoms with Gasteiger partial charge in [-0.15, -0.1) is 0 Å². The Morgan fingerprint density at radius 2 is 2.31 bits per heavy atom. The van der Waals surface area contributed by atoms with E-state index >= 15 is 0 Å². The molecule has 0 bridgehead atoms. The summed E-state index contributed by atoms with van der Waals surface area (Å²) in [6.45, 7) is 0. The molecule has 0 radical (unpaired) electrons. The van der Waals surface area contributed by atoms with Crippen molar-refractivity contribution in [2.24, 2.45) is 12.8 Å². The summed E-state index contributed by atoms with van der Waals surface area (Å²) < 4.78 is 2.64. The van der Waals surface area contributed by atoms with Crippen LogP contribution in [0.4, 0.5) is 0 Å². The van der Waals surface area contributed by atoms with Crippen LogP contribution < -0.4 is 5.73 Å². The van der Waals surface area contributed by atoms with Crippen molar-refractivity contribution in [1.29, 1.82) is 0 Å². The molecule has 2 aromatic heterocycles. The number of hydrogen-bond donors (Lipinski definition) is 1. The Bertz CT molecular complexity index is 482. The van der Waals surface area contributed by atoms with Crippen LogP contribution in [0.5, 0.6) is 0 Å². The summed E-state index contributed by atoms with van der Waals surface area (Å²) in [5.41, 5.74) is 6.92. The molecule has 2 heterocycles. The van der Waals surface area contributed by atoms with Crippen LogP contribution in [-0.2, 0) is 13.5 Å². The number of nitrogens with zero attached hydrogens (tertiary/aromatic N) is 4. The van der Waals surface area contributed by atoms with E-state index in [9.17, 15) is 0 Å². The molecule has 16 heavy (non-hydrogen) atoms. The van der Waals surface area contributed by atoms with Gasteiger partial charge in [-0.2, -0.15) is 5.10 Å². The molecule has 0 aliphatic carbocycles. The summed E-state index contributed by atoms with van der Waals surface area (Å²) in [6.07, 6.45) is 3.87. The van der Waals surface area contributed by atoms with E-state index in [1.165, 1.54) is 6.33 Å². The maximum Gasteiger partial charge on any atom is 0.138 e. The number of aromatic nitrogens is 4. The van der Waals surface area contributed by atoms with E-state index in [4.69, 9.17) is 5.73 Å². The number of rotatable bonds is 3. The summed E-state index contributed by atoms with van der Waals surface area (Å²) in [5.74, 6) is 0.852. The van der Waals surface area contributed by atoms with Gasteiger partial charge in [0.2, 0.25) is 0 Å². The van der Waals surface area contributed by atoms with Crippen molar-refractivity contribution in [2.75, 3.05) is 0 Å². The zero-order valence-electron chi connectivity index (χ0n) is 8.84. The average molecular weight is 282 g/mol. The van der Waals surface area contributed by atoms with Crippen LogP contribution in [0.3, 0.4) is 0 Å². The fraction of sp³-hybridized carbons (Fsp3) is 0.300. The van der Waals surface area contributed by atoms with Crippen molar-refractivity contribution in [3.63, 3.8) is 0 Å². The van der Waals surface area contributed by atoms with Gasteiger partial charge in [0.1, 0.15) is 12.2 Å². The summed E-state index contributed by atoms with van der Waals surface area (Å²) in [4.78, 5) is 8.40. The van der Waals surface area contributed by atoms with Gasteiger partial charge in [-0.25, -0.2) is 4.98 Å². The summed E-state index contributed by atoms with van der Waals surface area (Å²) in [6, 6.07) is 3.61. The van der Waals surface area contributed by atoms with Crippen molar-refractivity contribution in [3.8, 4) is 0 Å². The first kappa shape index (κ1) is 11.2. The SMILES string of the molecule is Cn1ncnc1CC(N)c1ncccc1Br. The normalized spacial score (nSPS) is 12.7. The van der Waals surface area contributed by atoms with Crippen molar-refractivity contribution >= 4 is 15.9 Å². The minimum Gasteiger partial charge on any atom is -0.322 e. The highest BCUT2D eigenvalue weighted by Gasteiger charge is 2.14. The molecule has 0 saturated carbocycles. The third-order valence-electron chi connectivity index (χ3n) is 2.35. The Hall–Kier alpha value is -1.27. The minimum absolute atomic E-state index is 0.182. The van der Waals surface area contributed by atoms with Gasteiger partial charge in [0.25, 0.3) is 0 Å². The Morgan fingerprint density at radius 1 is 1.50 bits per heavy atom. The predicted molar refractivity (Wildman–Crippen MR) is 63.6 cm³/mol. The molecule has 0 aliphatic rings. The molecule has 0 amide bonds. The molecule has 0 aliphatic heterocycles. The number of hydrogen-bond acceptors (Lipinski definition) is 4. The van der Waals surface area contributed by atoms with Crippen molar-refractivity contribution in [3.05, 3.63) is 40.6 Å². The van der Waals surface area contributed by atoms with Crippen LogP contribution in [0.1, 0.15) is 17.6 Å². The monoisotopic (exact) mass is 281 g/mol. The fourth-order valence-electron chi connectivity index (χ4n) is 1.47. The van der Waals surface area contributed by atoms with Gasteiger partial charge in [0.15, 0.2) is 0 Å². The highest BCUT2D eigenvalue weighted by atomic mass is 79.9. The number of pyridine rings is 1. The second-order valence-corrected chi connectivity index (χ2v) is 4.34. The number of halogens is 1. The highest BCUT2D eigenvalue weighted by molar-refractivity contribution is 9.10. The van der Waals surface area contributed by atoms with Crippen LogP contribution >= 0.6 is 15.9 Å². The zero-order valence-corrected chi connectivity index (χ0v) is 10.4. The van der Waals surface area contributed by atoms with Crippen molar-refractivity contribution in [2.45, 2.75) is 12.5 Å². The van der Waals surface area contributed by atoms with E-state index in [2.05, 4.69) is 31.0 Å². The molecule has 2 rings (SSSR count). The lowest BCUT2D eigenvalue weighted by Crippen LogP contribution is -2.17. The van der Waals surface area contributed by atoms with Crippen molar-refractivity contribution < 1.29 is 0 Å². The summed E-state index contributed by atoms with van der Waals surface area (Å²) >= 11 is 3.43. The second-order valence-electron chi connectivity index (χ2n) is 3.48. The van der Waals surface area contributed by atoms with Crippen LogP contribution in [0.15, 0.2) is 29.1 Å². The van der Waals surface area contributed by atoms with Crippen LogP contribution in [0.25, 0.3) is 0 Å². The molecule has 1 unspecified atom stereocenters. The molecule has 6 heteroatoms. The summed E-state index contributed by atoms with van der Waals surface area (Å²) in [7, 11) is 1.85. The third kappa shape index (κ3) is 2.28. The van der Waals surface area contributed by atoms with E-state index < -0.39 is 0 Å². The van der Waals surface area contributed by atoms with E-state index in [1.807, 2.05) is 19.2 Å². The van der Waals surface area contributed by atoms with E-state index in [1.54, 1.807) is 10.9 Å². The predicted octanol–water partition coefficient (Wildman–Crippen LogP) is 1.22. The maximum absolute atomic E-state index is 6.08. The molecular formula is C10H12BrN5. The molecule has 0 saturated heterocycles. The second kappa shape index (κ2) is 4.71. The first-order chi connectivity index (χ1) is 7.68. The molecule has 5 nitrogen and oxygen atoms in total. The molecule has 2 aromatic rings. The molecule has 0 aromatic carbocycles. The Kier molecular flexibility index (Phi) is 3.31. The van der Waals surface area contributed by atoms with Gasteiger partial charge >= 0.3 is 0 Å². The van der Waals surface area contributed by atoms with Gasteiger partial charge in [-0.1, -0.05) is 0 Å². The maximum atomic E-state index is 6.08.